The minimum Gasteiger partial charge on any atom is -1.00 e. The average molecular weight is 360 g/mol. The number of allylic oxidation sites excluding steroid dienone is 8. The van der Waals surface area contributed by atoms with Gasteiger partial charge in [-0.3, -0.25) is 0 Å². The summed E-state index contributed by atoms with van der Waals surface area (Å²) in [4.78, 5) is 0. The zero-order chi connectivity index (χ0) is 7.07. The van der Waals surface area contributed by atoms with Crippen molar-refractivity contribution < 1.29 is 80.6 Å². The van der Waals surface area contributed by atoms with Gasteiger partial charge in [-0.2, -0.15) is 0 Å². The summed E-state index contributed by atoms with van der Waals surface area (Å²) in [7, 11) is 0. The van der Waals surface area contributed by atoms with Gasteiger partial charge in [0.2, 0.25) is 0 Å². The fourth-order valence-corrected chi connectivity index (χ4v) is 0.786. The van der Waals surface area contributed by atoms with Crippen LogP contribution in [0.1, 0.15) is 12.8 Å². The first kappa shape index (κ1) is 36.0. The second-order valence-electron chi connectivity index (χ2n) is 2.18. The maximum atomic E-state index is 2.12. The number of hydrogen-bond acceptors (Lipinski definition) is 0. The summed E-state index contributed by atoms with van der Waals surface area (Å²) in [6, 6.07) is 0. The Morgan fingerprint density at radius 1 is 0.438 bits per heavy atom. The van der Waals surface area contributed by atoms with Crippen molar-refractivity contribution in [1.29, 1.82) is 0 Å². The molecule has 0 saturated heterocycles. The van der Waals surface area contributed by atoms with Gasteiger partial charge in [0, 0.05) is 18.6 Å². The SMILES string of the molecule is C1=CCC=C1.C1=CCC=C1.[Cl-].[Cl-].[Cl-].[Cl-].[Cl-].[V]. The van der Waals surface area contributed by atoms with Crippen molar-refractivity contribution in [3.63, 3.8) is 0 Å². The second kappa shape index (κ2) is 29.7. The Bertz CT molecular complexity index is 157. The van der Waals surface area contributed by atoms with Crippen LogP contribution in [-0.4, -0.2) is 0 Å². The molecule has 2 rings (SSSR count). The first-order valence-corrected chi connectivity index (χ1v) is 3.63. The quantitative estimate of drug-likeness (QED) is 0.403. The minimum absolute atomic E-state index is 0. The van der Waals surface area contributed by atoms with Crippen molar-refractivity contribution in [3.05, 3.63) is 48.6 Å². The van der Waals surface area contributed by atoms with E-state index >= 15 is 0 Å². The van der Waals surface area contributed by atoms with Gasteiger partial charge in [-0.1, -0.05) is 48.6 Å². The summed E-state index contributed by atoms with van der Waals surface area (Å²) in [5.74, 6) is 0. The molecular weight excluding hydrogens is 348 g/mol. The first-order valence-electron chi connectivity index (χ1n) is 3.63. The number of rotatable bonds is 0. The van der Waals surface area contributed by atoms with E-state index in [0.717, 1.165) is 12.8 Å². The molecule has 0 bridgehead atoms. The fourth-order valence-electron chi connectivity index (χ4n) is 0.786. The van der Waals surface area contributed by atoms with Crippen molar-refractivity contribution in [2.24, 2.45) is 0 Å². The molecule has 2 aliphatic carbocycles. The Labute approximate surface area is 141 Å². The van der Waals surface area contributed by atoms with Gasteiger partial charge in [0.05, 0.1) is 0 Å². The summed E-state index contributed by atoms with van der Waals surface area (Å²) in [5, 5.41) is 0. The van der Waals surface area contributed by atoms with Crippen LogP contribution in [-0.2, 0) is 18.6 Å². The molecule has 0 aromatic carbocycles. The zero-order valence-corrected chi connectivity index (χ0v) is 13.5. The van der Waals surface area contributed by atoms with E-state index in [9.17, 15) is 0 Å². The molecule has 0 nitrogen and oxygen atoms in total. The Morgan fingerprint density at radius 3 is 0.688 bits per heavy atom. The summed E-state index contributed by atoms with van der Waals surface area (Å²) < 4.78 is 0. The molecule has 16 heavy (non-hydrogen) atoms. The van der Waals surface area contributed by atoms with Gasteiger partial charge in [0.15, 0.2) is 0 Å². The van der Waals surface area contributed by atoms with Gasteiger partial charge in [0.1, 0.15) is 0 Å². The maximum absolute atomic E-state index is 2.12. The van der Waals surface area contributed by atoms with Crippen molar-refractivity contribution in [2.45, 2.75) is 12.8 Å². The molecule has 0 atom stereocenters. The third kappa shape index (κ3) is 24.3. The molecule has 0 aliphatic heterocycles. The van der Waals surface area contributed by atoms with E-state index in [2.05, 4.69) is 48.6 Å². The molecule has 6 heteroatoms. The summed E-state index contributed by atoms with van der Waals surface area (Å²) in [6.07, 6.45) is 19.0. The van der Waals surface area contributed by atoms with Crippen LogP contribution in [0.15, 0.2) is 48.6 Å². The normalized spacial score (nSPS) is 11.0. The van der Waals surface area contributed by atoms with Crippen LogP contribution in [0.3, 0.4) is 0 Å². The van der Waals surface area contributed by atoms with E-state index in [0.29, 0.717) is 0 Å². The second-order valence-corrected chi connectivity index (χ2v) is 2.18. The minimum atomic E-state index is 0. The average Bonchev–Trinajstić information content (AvgIpc) is 2.67. The smallest absolute Gasteiger partial charge is 0 e. The molecule has 0 spiro atoms. The molecule has 0 N–H and O–H groups in total. The summed E-state index contributed by atoms with van der Waals surface area (Å²) in [6.45, 7) is 0. The molecular formula is C10H12Cl5V-5. The Balaban J connectivity index is -0.0000000227. The summed E-state index contributed by atoms with van der Waals surface area (Å²) in [5.41, 5.74) is 0. The van der Waals surface area contributed by atoms with E-state index < -0.39 is 0 Å². The van der Waals surface area contributed by atoms with Gasteiger partial charge in [0.25, 0.3) is 0 Å². The number of hydrogen-bond donors (Lipinski definition) is 0. The van der Waals surface area contributed by atoms with Crippen LogP contribution < -0.4 is 62.0 Å². The molecule has 0 aromatic heterocycles. The summed E-state index contributed by atoms with van der Waals surface area (Å²) >= 11 is 0. The van der Waals surface area contributed by atoms with E-state index in [4.69, 9.17) is 0 Å². The van der Waals surface area contributed by atoms with Crippen LogP contribution in [0.2, 0.25) is 0 Å². The van der Waals surface area contributed by atoms with Crippen LogP contribution in [0.5, 0.6) is 0 Å². The van der Waals surface area contributed by atoms with Crippen LogP contribution in [0.25, 0.3) is 0 Å². The number of halogens is 5. The van der Waals surface area contributed by atoms with Crippen LogP contribution in [0.4, 0.5) is 0 Å². The monoisotopic (exact) mass is 358 g/mol. The third-order valence-electron chi connectivity index (χ3n) is 1.31. The molecule has 0 aromatic rings. The van der Waals surface area contributed by atoms with Crippen molar-refractivity contribution >= 4 is 0 Å². The van der Waals surface area contributed by atoms with Crippen molar-refractivity contribution in [1.82, 2.24) is 0 Å². The van der Waals surface area contributed by atoms with Gasteiger partial charge in [-0.25, -0.2) is 0 Å². The maximum Gasteiger partial charge on any atom is 0 e. The van der Waals surface area contributed by atoms with Gasteiger partial charge in [-0.05, 0) is 12.8 Å². The van der Waals surface area contributed by atoms with Crippen LogP contribution >= 0.6 is 0 Å². The van der Waals surface area contributed by atoms with Crippen molar-refractivity contribution in [2.75, 3.05) is 0 Å². The van der Waals surface area contributed by atoms with E-state index in [1.807, 2.05) is 0 Å². The standard InChI is InChI=1S/2C5H6.5ClH.V/c2*1-2-4-5-3-1;;;;;;/h2*1-4H,5H2;5*1H;/p-5. The molecule has 0 fully saturated rings. The molecule has 1 radical (unpaired) electrons. The van der Waals surface area contributed by atoms with E-state index in [1.165, 1.54) is 0 Å². The molecule has 97 valence electrons. The predicted molar refractivity (Wildman–Crippen MR) is 45.8 cm³/mol. The van der Waals surface area contributed by atoms with Gasteiger partial charge in [-0.15, -0.1) is 0 Å². The van der Waals surface area contributed by atoms with E-state index in [1.54, 1.807) is 0 Å². The van der Waals surface area contributed by atoms with Gasteiger partial charge >= 0.3 is 0 Å². The largest absolute Gasteiger partial charge is 1.00 e. The molecule has 0 amide bonds. The topological polar surface area (TPSA) is 0 Å². The molecule has 0 heterocycles. The molecule has 2 aliphatic rings. The van der Waals surface area contributed by atoms with Crippen molar-refractivity contribution in [3.8, 4) is 0 Å². The first-order chi connectivity index (χ1) is 5.00. The van der Waals surface area contributed by atoms with Crippen LogP contribution in [0, 0.1) is 0 Å². The van der Waals surface area contributed by atoms with E-state index in [-0.39, 0.29) is 80.6 Å². The third-order valence-corrected chi connectivity index (χ3v) is 1.31. The Morgan fingerprint density at radius 2 is 0.625 bits per heavy atom. The Kier molecular flexibility index (Phi) is 66.9. The molecule has 0 saturated carbocycles. The fraction of sp³-hybridized carbons (Fsp3) is 0.200. The zero-order valence-electron chi connectivity index (χ0n) is 8.37. The molecule has 0 unspecified atom stereocenters. The predicted octanol–water partition coefficient (Wildman–Crippen LogP) is -12.0. The Hall–Kier alpha value is 0.994. The van der Waals surface area contributed by atoms with Gasteiger partial charge < -0.3 is 62.0 Å².